The summed E-state index contributed by atoms with van der Waals surface area (Å²) in [4.78, 5) is 11.2. The maximum absolute atomic E-state index is 13.1. The molecule has 1 aliphatic heterocycles. The number of amides is 1. The van der Waals surface area contributed by atoms with Gasteiger partial charge in [-0.1, -0.05) is 18.2 Å². The van der Waals surface area contributed by atoms with E-state index in [1.807, 2.05) is 18.2 Å². The summed E-state index contributed by atoms with van der Waals surface area (Å²) >= 11 is 0. The number of aryl methyl sites for hydroxylation is 1. The van der Waals surface area contributed by atoms with Crippen LogP contribution in [0.1, 0.15) is 17.5 Å². The van der Waals surface area contributed by atoms with Gasteiger partial charge in [0.1, 0.15) is 18.1 Å². The summed E-state index contributed by atoms with van der Waals surface area (Å²) in [6, 6.07) is 12.0. The molecule has 0 bridgehead atoms. The second-order valence-electron chi connectivity index (χ2n) is 6.27. The van der Waals surface area contributed by atoms with Crippen LogP contribution in [0.3, 0.4) is 0 Å². The van der Waals surface area contributed by atoms with Crippen LogP contribution >= 0.6 is 0 Å². The van der Waals surface area contributed by atoms with Gasteiger partial charge < -0.3 is 15.2 Å². The third-order valence-electron chi connectivity index (χ3n) is 4.41. The van der Waals surface area contributed by atoms with Crippen molar-refractivity contribution < 1.29 is 22.7 Å². The number of hydrogen-bond acceptors (Lipinski definition) is 5. The molecule has 3 rings (SSSR count). The van der Waals surface area contributed by atoms with Crippen molar-refractivity contribution in [3.63, 3.8) is 0 Å². The summed E-state index contributed by atoms with van der Waals surface area (Å²) in [6.07, 6.45) is 0.747. The lowest BCUT2D eigenvalue weighted by Crippen LogP contribution is -2.32. The maximum Gasteiger partial charge on any atom is 0.243 e. The number of fused-ring (bicyclic) bond motifs is 1. The lowest BCUT2D eigenvalue weighted by Gasteiger charge is -2.20. The predicted molar refractivity (Wildman–Crippen MR) is 100 cm³/mol. The predicted octanol–water partition coefficient (Wildman–Crippen LogP) is 1.70. The van der Waals surface area contributed by atoms with Crippen LogP contribution in [-0.2, 0) is 27.8 Å². The molecule has 0 aliphatic carbocycles. The highest BCUT2D eigenvalue weighted by atomic mass is 32.2. The summed E-state index contributed by atoms with van der Waals surface area (Å²) < 4.78 is 38.4. The minimum atomic E-state index is -3.70. The molecule has 0 radical (unpaired) electrons. The summed E-state index contributed by atoms with van der Waals surface area (Å²) in [5.41, 5.74) is 6.89. The van der Waals surface area contributed by atoms with E-state index in [9.17, 15) is 13.2 Å². The van der Waals surface area contributed by atoms with Gasteiger partial charge in [0.2, 0.25) is 15.9 Å². The fourth-order valence-electron chi connectivity index (χ4n) is 2.96. The van der Waals surface area contributed by atoms with E-state index in [2.05, 4.69) is 0 Å². The van der Waals surface area contributed by atoms with Gasteiger partial charge in [-0.3, -0.25) is 4.79 Å². The Labute approximate surface area is 158 Å². The molecule has 2 N–H and O–H groups in total. The molecular weight excluding hydrogens is 368 g/mol. The average molecular weight is 390 g/mol. The van der Waals surface area contributed by atoms with Gasteiger partial charge in [-0.05, 0) is 30.2 Å². The Morgan fingerprint density at radius 2 is 2.07 bits per heavy atom. The number of carbonyl (C=O) groups excluding carboxylic acids is 1. The SMILES string of the molecule is COc1cccc(S(=O)(=O)N2CCOc3ccc(CCC(N)=O)cc3C2)c1. The monoisotopic (exact) mass is 390 g/mol. The Hall–Kier alpha value is -2.58. The minimum absolute atomic E-state index is 0.176. The van der Waals surface area contributed by atoms with Crippen LogP contribution in [0.5, 0.6) is 11.5 Å². The molecular formula is C19H22N2O5S. The van der Waals surface area contributed by atoms with Crippen LogP contribution in [0.15, 0.2) is 47.4 Å². The van der Waals surface area contributed by atoms with Gasteiger partial charge in [0.15, 0.2) is 0 Å². The molecule has 2 aromatic rings. The summed E-state index contributed by atoms with van der Waals surface area (Å²) in [7, 11) is -2.20. The molecule has 1 heterocycles. The van der Waals surface area contributed by atoms with E-state index < -0.39 is 10.0 Å². The lowest BCUT2D eigenvalue weighted by atomic mass is 10.1. The number of methoxy groups -OCH3 is 1. The first kappa shape index (κ1) is 19.2. The number of benzene rings is 2. The molecule has 0 fully saturated rings. The molecule has 144 valence electrons. The van der Waals surface area contributed by atoms with Gasteiger partial charge in [-0.2, -0.15) is 4.31 Å². The van der Waals surface area contributed by atoms with E-state index in [1.54, 1.807) is 18.2 Å². The fourth-order valence-corrected chi connectivity index (χ4v) is 4.40. The average Bonchev–Trinajstić information content (AvgIpc) is 2.88. The first-order chi connectivity index (χ1) is 12.9. The number of carbonyl (C=O) groups is 1. The molecule has 0 aromatic heterocycles. The number of sulfonamides is 1. The van der Waals surface area contributed by atoms with E-state index >= 15 is 0 Å². The first-order valence-electron chi connectivity index (χ1n) is 8.57. The minimum Gasteiger partial charge on any atom is -0.497 e. The topological polar surface area (TPSA) is 98.9 Å². The fraction of sp³-hybridized carbons (Fsp3) is 0.316. The highest BCUT2D eigenvalue weighted by molar-refractivity contribution is 7.89. The molecule has 1 amide bonds. The van der Waals surface area contributed by atoms with Crippen molar-refractivity contribution in [1.82, 2.24) is 4.31 Å². The zero-order valence-electron chi connectivity index (χ0n) is 15.1. The summed E-state index contributed by atoms with van der Waals surface area (Å²) in [5.74, 6) is 0.765. The Morgan fingerprint density at radius 1 is 1.26 bits per heavy atom. The molecule has 0 saturated carbocycles. The Kier molecular flexibility index (Phi) is 5.67. The summed E-state index contributed by atoms with van der Waals surface area (Å²) in [5, 5.41) is 0. The van der Waals surface area contributed by atoms with Gasteiger partial charge >= 0.3 is 0 Å². The standard InChI is InChI=1S/C19H22N2O5S/c1-25-16-3-2-4-17(12-16)27(23,24)21-9-10-26-18-7-5-14(6-8-19(20)22)11-15(18)13-21/h2-5,7,11-12H,6,8-10,13H2,1H3,(H2,20,22). The van der Waals surface area contributed by atoms with E-state index in [-0.39, 0.29) is 36.9 Å². The zero-order valence-corrected chi connectivity index (χ0v) is 15.9. The maximum atomic E-state index is 13.1. The molecule has 8 heteroatoms. The lowest BCUT2D eigenvalue weighted by molar-refractivity contribution is -0.117. The van der Waals surface area contributed by atoms with Gasteiger partial charge in [-0.25, -0.2) is 8.42 Å². The van der Waals surface area contributed by atoms with Gasteiger partial charge in [0.05, 0.1) is 12.0 Å². The number of hydrogen-bond donors (Lipinski definition) is 1. The quantitative estimate of drug-likeness (QED) is 0.809. The third kappa shape index (κ3) is 4.40. The van der Waals surface area contributed by atoms with E-state index in [0.29, 0.717) is 17.9 Å². The van der Waals surface area contributed by atoms with Crippen molar-refractivity contribution in [1.29, 1.82) is 0 Å². The number of nitrogens with zero attached hydrogens (tertiary/aromatic N) is 1. The van der Waals surface area contributed by atoms with Crippen molar-refractivity contribution in [2.75, 3.05) is 20.3 Å². The first-order valence-corrected chi connectivity index (χ1v) is 10.0. The highest BCUT2D eigenvalue weighted by Crippen LogP contribution is 2.29. The Balaban J connectivity index is 1.88. The zero-order chi connectivity index (χ0) is 19.4. The molecule has 0 atom stereocenters. The van der Waals surface area contributed by atoms with E-state index in [4.69, 9.17) is 15.2 Å². The van der Waals surface area contributed by atoms with Crippen LogP contribution in [0.2, 0.25) is 0 Å². The van der Waals surface area contributed by atoms with Crippen molar-refractivity contribution in [3.05, 3.63) is 53.6 Å². The van der Waals surface area contributed by atoms with Gasteiger partial charge in [0, 0.05) is 31.1 Å². The van der Waals surface area contributed by atoms with Crippen molar-refractivity contribution in [2.24, 2.45) is 5.73 Å². The van der Waals surface area contributed by atoms with Gasteiger partial charge in [0.25, 0.3) is 0 Å². The largest absolute Gasteiger partial charge is 0.497 e. The van der Waals surface area contributed by atoms with Crippen molar-refractivity contribution in [2.45, 2.75) is 24.3 Å². The van der Waals surface area contributed by atoms with Crippen LogP contribution in [-0.4, -0.2) is 38.9 Å². The second-order valence-corrected chi connectivity index (χ2v) is 8.21. The Bertz CT molecular complexity index is 943. The van der Waals surface area contributed by atoms with Crippen molar-refractivity contribution in [3.8, 4) is 11.5 Å². The number of primary amides is 1. The molecule has 7 nitrogen and oxygen atoms in total. The second kappa shape index (κ2) is 7.98. The van der Waals surface area contributed by atoms with Crippen LogP contribution < -0.4 is 15.2 Å². The highest BCUT2D eigenvalue weighted by Gasteiger charge is 2.28. The van der Waals surface area contributed by atoms with Crippen LogP contribution in [0.4, 0.5) is 0 Å². The number of nitrogens with two attached hydrogens (primary N) is 1. The normalized spacial score (nSPS) is 14.7. The van der Waals surface area contributed by atoms with Crippen LogP contribution in [0, 0.1) is 0 Å². The molecule has 2 aromatic carbocycles. The van der Waals surface area contributed by atoms with E-state index in [0.717, 1.165) is 11.1 Å². The smallest absolute Gasteiger partial charge is 0.243 e. The number of rotatable bonds is 6. The third-order valence-corrected chi connectivity index (χ3v) is 6.25. The molecule has 0 spiro atoms. The van der Waals surface area contributed by atoms with Gasteiger partial charge in [-0.15, -0.1) is 0 Å². The van der Waals surface area contributed by atoms with Crippen molar-refractivity contribution >= 4 is 15.9 Å². The molecule has 0 unspecified atom stereocenters. The molecule has 0 saturated heterocycles. The molecule has 27 heavy (non-hydrogen) atoms. The molecule has 1 aliphatic rings. The van der Waals surface area contributed by atoms with E-state index in [1.165, 1.54) is 17.5 Å². The Morgan fingerprint density at radius 3 is 2.81 bits per heavy atom. The van der Waals surface area contributed by atoms with Crippen LogP contribution in [0.25, 0.3) is 0 Å². The number of ether oxygens (including phenoxy) is 2. The summed E-state index contributed by atoms with van der Waals surface area (Å²) in [6.45, 7) is 0.695.